The van der Waals surface area contributed by atoms with Crippen molar-refractivity contribution in [1.29, 1.82) is 0 Å². The van der Waals surface area contributed by atoms with E-state index in [9.17, 15) is 14.9 Å². The van der Waals surface area contributed by atoms with E-state index < -0.39 is 4.92 Å². The molecule has 0 heterocycles. The Labute approximate surface area is 128 Å². The first kappa shape index (κ1) is 15.7. The van der Waals surface area contributed by atoms with Gasteiger partial charge in [0.2, 0.25) is 0 Å². The number of carbonyl (C=O) groups is 1. The molecule has 2 aromatic rings. The minimum atomic E-state index is -0.422. The van der Waals surface area contributed by atoms with Gasteiger partial charge in [-0.3, -0.25) is 14.9 Å². The summed E-state index contributed by atoms with van der Waals surface area (Å²) in [5.74, 6) is 0.613. The van der Waals surface area contributed by atoms with Gasteiger partial charge in [0.15, 0.2) is 5.78 Å². The van der Waals surface area contributed by atoms with E-state index in [-0.39, 0.29) is 18.1 Å². The number of nitrogens with zero attached hydrogens (tertiary/aromatic N) is 1. The van der Waals surface area contributed by atoms with Crippen LogP contribution in [0.3, 0.4) is 0 Å². The summed E-state index contributed by atoms with van der Waals surface area (Å²) in [7, 11) is 0. The van der Waals surface area contributed by atoms with Crippen molar-refractivity contribution in [3.63, 3.8) is 0 Å². The molecule has 0 amide bonds. The number of hydrogen-bond donors (Lipinski definition) is 0. The molecule has 114 valence electrons. The fourth-order valence-corrected chi connectivity index (χ4v) is 2.27. The molecule has 0 aromatic heterocycles. The Bertz CT molecular complexity index is 710. The summed E-state index contributed by atoms with van der Waals surface area (Å²) >= 11 is 0. The lowest BCUT2D eigenvalue weighted by Crippen LogP contribution is -2.02. The summed E-state index contributed by atoms with van der Waals surface area (Å²) in [6.07, 6.45) is 0.720. The molecule has 0 atom stereocenters. The summed E-state index contributed by atoms with van der Waals surface area (Å²) in [5.41, 5.74) is 2.15. The Morgan fingerprint density at radius 3 is 2.55 bits per heavy atom. The third-order valence-electron chi connectivity index (χ3n) is 3.42. The van der Waals surface area contributed by atoms with Gasteiger partial charge in [0.05, 0.1) is 10.5 Å². The quantitative estimate of drug-likeness (QED) is 0.460. The standard InChI is InChI=1S/C17H17NO4/c1-3-13-10-15(8-9-16(13)12(2)19)22-11-14-6-4-5-7-17(14)18(20)21/h4-10H,3,11H2,1-2H3. The maximum atomic E-state index is 11.5. The van der Waals surface area contributed by atoms with E-state index >= 15 is 0 Å². The molecule has 0 N–H and O–H groups in total. The van der Waals surface area contributed by atoms with E-state index in [1.165, 1.54) is 13.0 Å². The van der Waals surface area contributed by atoms with E-state index in [0.29, 0.717) is 16.9 Å². The first-order chi connectivity index (χ1) is 10.5. The molecule has 0 bridgehead atoms. The van der Waals surface area contributed by atoms with Crippen molar-refractivity contribution in [2.45, 2.75) is 26.9 Å². The summed E-state index contributed by atoms with van der Waals surface area (Å²) in [4.78, 5) is 22.1. The Kier molecular flexibility index (Phi) is 4.88. The Morgan fingerprint density at radius 2 is 1.91 bits per heavy atom. The fourth-order valence-electron chi connectivity index (χ4n) is 2.27. The van der Waals surface area contributed by atoms with E-state index in [2.05, 4.69) is 0 Å². The molecular formula is C17H17NO4. The number of aryl methyl sites for hydroxylation is 1. The maximum Gasteiger partial charge on any atom is 0.276 e. The van der Waals surface area contributed by atoms with Gasteiger partial charge in [-0.1, -0.05) is 19.1 Å². The molecule has 0 aliphatic carbocycles. The number of ketones is 1. The second-order valence-electron chi connectivity index (χ2n) is 4.90. The van der Waals surface area contributed by atoms with Crippen molar-refractivity contribution in [2.75, 3.05) is 0 Å². The van der Waals surface area contributed by atoms with Crippen LogP contribution in [0.4, 0.5) is 5.69 Å². The smallest absolute Gasteiger partial charge is 0.276 e. The Balaban J connectivity index is 2.19. The van der Waals surface area contributed by atoms with Crippen LogP contribution in [0.1, 0.15) is 35.3 Å². The maximum absolute atomic E-state index is 11.5. The number of benzene rings is 2. The highest BCUT2D eigenvalue weighted by atomic mass is 16.6. The van der Waals surface area contributed by atoms with Gasteiger partial charge in [-0.25, -0.2) is 0 Å². The Hall–Kier alpha value is -2.69. The van der Waals surface area contributed by atoms with Crippen molar-refractivity contribution in [3.8, 4) is 5.75 Å². The summed E-state index contributed by atoms with van der Waals surface area (Å²) in [6.45, 7) is 3.61. The number of rotatable bonds is 6. The summed E-state index contributed by atoms with van der Waals surface area (Å²) in [6, 6.07) is 11.7. The van der Waals surface area contributed by atoms with Crippen LogP contribution in [0, 0.1) is 10.1 Å². The lowest BCUT2D eigenvalue weighted by molar-refractivity contribution is -0.385. The highest BCUT2D eigenvalue weighted by molar-refractivity contribution is 5.95. The molecule has 0 fully saturated rings. The molecule has 2 aromatic carbocycles. The van der Waals surface area contributed by atoms with Crippen LogP contribution >= 0.6 is 0 Å². The number of carbonyl (C=O) groups excluding carboxylic acids is 1. The van der Waals surface area contributed by atoms with Gasteiger partial charge in [0.1, 0.15) is 12.4 Å². The SMILES string of the molecule is CCc1cc(OCc2ccccc2[N+](=O)[O-])ccc1C(C)=O. The average Bonchev–Trinajstić information content (AvgIpc) is 2.52. The predicted octanol–water partition coefficient (Wildman–Crippen LogP) is 3.94. The van der Waals surface area contributed by atoms with Crippen LogP contribution in [0.5, 0.6) is 5.75 Å². The summed E-state index contributed by atoms with van der Waals surface area (Å²) in [5, 5.41) is 11.0. The van der Waals surface area contributed by atoms with Crippen molar-refractivity contribution in [1.82, 2.24) is 0 Å². The van der Waals surface area contributed by atoms with Crippen molar-refractivity contribution in [2.24, 2.45) is 0 Å². The van der Waals surface area contributed by atoms with E-state index in [0.717, 1.165) is 12.0 Å². The Morgan fingerprint density at radius 1 is 1.18 bits per heavy atom. The molecule has 5 nitrogen and oxygen atoms in total. The summed E-state index contributed by atoms with van der Waals surface area (Å²) < 4.78 is 5.64. The molecule has 0 saturated heterocycles. The predicted molar refractivity (Wildman–Crippen MR) is 83.3 cm³/mol. The highest BCUT2D eigenvalue weighted by Crippen LogP contribution is 2.23. The lowest BCUT2D eigenvalue weighted by Gasteiger charge is -2.10. The van der Waals surface area contributed by atoms with Crippen LogP contribution in [0.25, 0.3) is 0 Å². The fraction of sp³-hybridized carbons (Fsp3) is 0.235. The van der Waals surface area contributed by atoms with Gasteiger partial charge in [0, 0.05) is 11.6 Å². The molecule has 0 aliphatic rings. The molecule has 0 unspecified atom stereocenters. The molecular weight excluding hydrogens is 282 g/mol. The monoisotopic (exact) mass is 299 g/mol. The second-order valence-corrected chi connectivity index (χ2v) is 4.90. The molecule has 0 radical (unpaired) electrons. The van der Waals surface area contributed by atoms with Gasteiger partial charge < -0.3 is 4.74 Å². The number of nitro benzene ring substituents is 1. The normalized spacial score (nSPS) is 10.3. The van der Waals surface area contributed by atoms with Gasteiger partial charge in [-0.15, -0.1) is 0 Å². The van der Waals surface area contributed by atoms with Crippen LogP contribution in [0.2, 0.25) is 0 Å². The topological polar surface area (TPSA) is 69.4 Å². The zero-order valence-electron chi connectivity index (χ0n) is 12.5. The third-order valence-corrected chi connectivity index (χ3v) is 3.42. The third kappa shape index (κ3) is 3.49. The number of nitro groups is 1. The van der Waals surface area contributed by atoms with E-state index in [1.807, 2.05) is 13.0 Å². The van der Waals surface area contributed by atoms with Gasteiger partial charge in [0.25, 0.3) is 5.69 Å². The van der Waals surface area contributed by atoms with Crippen molar-refractivity contribution >= 4 is 11.5 Å². The molecule has 22 heavy (non-hydrogen) atoms. The zero-order chi connectivity index (χ0) is 16.1. The minimum Gasteiger partial charge on any atom is -0.489 e. The van der Waals surface area contributed by atoms with E-state index in [4.69, 9.17) is 4.74 Å². The molecule has 2 rings (SSSR count). The van der Waals surface area contributed by atoms with E-state index in [1.54, 1.807) is 30.3 Å². The molecule has 0 spiro atoms. The minimum absolute atomic E-state index is 0.0158. The first-order valence-corrected chi connectivity index (χ1v) is 7.02. The molecule has 5 heteroatoms. The molecule has 0 saturated carbocycles. The van der Waals surface area contributed by atoms with Crippen LogP contribution in [0.15, 0.2) is 42.5 Å². The van der Waals surface area contributed by atoms with Crippen LogP contribution in [-0.2, 0) is 13.0 Å². The first-order valence-electron chi connectivity index (χ1n) is 7.02. The lowest BCUT2D eigenvalue weighted by atomic mass is 10.0. The number of Topliss-reactive ketones (excluding diaryl/α,β-unsaturated/α-hetero) is 1. The van der Waals surface area contributed by atoms with Crippen molar-refractivity contribution in [3.05, 3.63) is 69.3 Å². The second kappa shape index (κ2) is 6.85. The largest absolute Gasteiger partial charge is 0.489 e. The zero-order valence-corrected chi connectivity index (χ0v) is 12.5. The highest BCUT2D eigenvalue weighted by Gasteiger charge is 2.13. The number of ether oxygens (including phenoxy) is 1. The van der Waals surface area contributed by atoms with Gasteiger partial charge in [-0.05, 0) is 43.2 Å². The van der Waals surface area contributed by atoms with Crippen molar-refractivity contribution < 1.29 is 14.5 Å². The van der Waals surface area contributed by atoms with Crippen LogP contribution in [-0.4, -0.2) is 10.7 Å². The van der Waals surface area contributed by atoms with Gasteiger partial charge >= 0.3 is 0 Å². The number of para-hydroxylation sites is 1. The number of hydrogen-bond acceptors (Lipinski definition) is 4. The van der Waals surface area contributed by atoms with Gasteiger partial charge in [-0.2, -0.15) is 0 Å². The van der Waals surface area contributed by atoms with Crippen LogP contribution < -0.4 is 4.74 Å². The molecule has 0 aliphatic heterocycles. The average molecular weight is 299 g/mol.